The summed E-state index contributed by atoms with van der Waals surface area (Å²) in [6.07, 6.45) is 1.67. The average molecular weight is 274 g/mol. The first-order valence-corrected chi connectivity index (χ1v) is 5.98. The molecule has 2 N–H and O–H groups in total. The topological polar surface area (TPSA) is 26.0 Å². The van der Waals surface area contributed by atoms with Crippen molar-refractivity contribution in [3.63, 3.8) is 0 Å². The number of halogens is 2. The van der Waals surface area contributed by atoms with Gasteiger partial charge in [-0.1, -0.05) is 22.9 Å². The summed E-state index contributed by atoms with van der Waals surface area (Å²) in [5.41, 5.74) is 6.47. The van der Waals surface area contributed by atoms with Crippen LogP contribution in [0.1, 0.15) is 25.8 Å². The van der Waals surface area contributed by atoms with Crippen molar-refractivity contribution in [2.45, 2.75) is 32.7 Å². The molecule has 15 heavy (non-hydrogen) atoms. The lowest BCUT2D eigenvalue weighted by Gasteiger charge is -2.14. The molecule has 1 aromatic carbocycles. The van der Waals surface area contributed by atoms with Gasteiger partial charge in [-0.05, 0) is 49.4 Å². The van der Waals surface area contributed by atoms with Gasteiger partial charge in [-0.15, -0.1) is 0 Å². The Morgan fingerprint density at radius 1 is 1.40 bits per heavy atom. The van der Waals surface area contributed by atoms with Gasteiger partial charge in [0.1, 0.15) is 5.82 Å². The van der Waals surface area contributed by atoms with Crippen molar-refractivity contribution in [1.82, 2.24) is 0 Å². The van der Waals surface area contributed by atoms with Gasteiger partial charge in [-0.3, -0.25) is 0 Å². The molecule has 0 saturated carbocycles. The van der Waals surface area contributed by atoms with E-state index in [4.69, 9.17) is 5.73 Å². The SMILES string of the molecule is CC(N)CC(C)Cc1cc(Br)ccc1F. The van der Waals surface area contributed by atoms with E-state index < -0.39 is 0 Å². The van der Waals surface area contributed by atoms with Crippen LogP contribution < -0.4 is 5.73 Å². The fourth-order valence-corrected chi connectivity index (χ4v) is 2.20. The van der Waals surface area contributed by atoms with Crippen molar-refractivity contribution in [3.05, 3.63) is 34.1 Å². The molecule has 0 aliphatic carbocycles. The zero-order valence-corrected chi connectivity index (χ0v) is 10.7. The molecule has 0 aliphatic heterocycles. The minimum atomic E-state index is -0.130. The second kappa shape index (κ2) is 5.61. The molecule has 0 aliphatic rings. The van der Waals surface area contributed by atoms with Crippen LogP contribution in [0.15, 0.2) is 22.7 Å². The summed E-state index contributed by atoms with van der Waals surface area (Å²) in [6.45, 7) is 4.08. The lowest BCUT2D eigenvalue weighted by molar-refractivity contribution is 0.469. The highest BCUT2D eigenvalue weighted by Crippen LogP contribution is 2.20. The van der Waals surface area contributed by atoms with Crippen LogP contribution in [0.4, 0.5) is 4.39 Å². The smallest absolute Gasteiger partial charge is 0.126 e. The van der Waals surface area contributed by atoms with Gasteiger partial charge in [-0.2, -0.15) is 0 Å². The van der Waals surface area contributed by atoms with E-state index in [0.717, 1.165) is 22.9 Å². The van der Waals surface area contributed by atoms with Crippen LogP contribution in [-0.4, -0.2) is 6.04 Å². The summed E-state index contributed by atoms with van der Waals surface area (Å²) in [5.74, 6) is 0.281. The molecule has 1 aromatic rings. The summed E-state index contributed by atoms with van der Waals surface area (Å²) >= 11 is 3.35. The summed E-state index contributed by atoms with van der Waals surface area (Å²) < 4.78 is 14.3. The van der Waals surface area contributed by atoms with Crippen LogP contribution in [0, 0.1) is 11.7 Å². The molecule has 1 nitrogen and oxygen atoms in total. The first-order chi connectivity index (χ1) is 6.99. The fraction of sp³-hybridized carbons (Fsp3) is 0.500. The van der Waals surface area contributed by atoms with Gasteiger partial charge >= 0.3 is 0 Å². The Morgan fingerprint density at radius 3 is 2.67 bits per heavy atom. The predicted octanol–water partition coefficient (Wildman–Crippen LogP) is 3.50. The van der Waals surface area contributed by atoms with Crippen LogP contribution in [0.25, 0.3) is 0 Å². The molecule has 0 bridgehead atoms. The molecule has 0 spiro atoms. The quantitative estimate of drug-likeness (QED) is 0.893. The molecular formula is C12H17BrFN. The van der Waals surface area contributed by atoms with Crippen LogP contribution in [-0.2, 0) is 6.42 Å². The number of benzene rings is 1. The van der Waals surface area contributed by atoms with E-state index in [9.17, 15) is 4.39 Å². The number of hydrogen-bond donors (Lipinski definition) is 1. The number of hydrogen-bond acceptors (Lipinski definition) is 1. The molecule has 0 heterocycles. The van der Waals surface area contributed by atoms with Crippen LogP contribution in [0.3, 0.4) is 0 Å². The zero-order chi connectivity index (χ0) is 11.4. The maximum atomic E-state index is 13.4. The molecule has 2 unspecified atom stereocenters. The predicted molar refractivity (Wildman–Crippen MR) is 65.2 cm³/mol. The Morgan fingerprint density at radius 2 is 2.07 bits per heavy atom. The standard InChI is InChI=1S/C12H17BrFN/c1-8(5-9(2)15)6-10-7-11(13)3-4-12(10)14/h3-4,7-9H,5-6,15H2,1-2H3. The van der Waals surface area contributed by atoms with E-state index in [1.54, 1.807) is 6.07 Å². The number of rotatable bonds is 4. The van der Waals surface area contributed by atoms with Gasteiger partial charge < -0.3 is 5.73 Å². The largest absolute Gasteiger partial charge is 0.328 e. The van der Waals surface area contributed by atoms with Crippen molar-refractivity contribution in [2.24, 2.45) is 11.7 Å². The molecule has 0 radical (unpaired) electrons. The van der Waals surface area contributed by atoms with Gasteiger partial charge in [0, 0.05) is 10.5 Å². The summed E-state index contributed by atoms with van der Waals surface area (Å²) in [5, 5.41) is 0. The second-order valence-electron chi connectivity index (χ2n) is 4.26. The highest BCUT2D eigenvalue weighted by atomic mass is 79.9. The van der Waals surface area contributed by atoms with Crippen molar-refractivity contribution in [2.75, 3.05) is 0 Å². The van der Waals surface area contributed by atoms with E-state index >= 15 is 0 Å². The summed E-state index contributed by atoms with van der Waals surface area (Å²) in [4.78, 5) is 0. The Hall–Kier alpha value is -0.410. The lowest BCUT2D eigenvalue weighted by Crippen LogP contribution is -2.19. The number of nitrogens with two attached hydrogens (primary N) is 1. The van der Waals surface area contributed by atoms with Gasteiger partial charge in [0.25, 0.3) is 0 Å². The van der Waals surface area contributed by atoms with Crippen LogP contribution >= 0.6 is 15.9 Å². The van der Waals surface area contributed by atoms with Crippen molar-refractivity contribution in [1.29, 1.82) is 0 Å². The van der Waals surface area contributed by atoms with Crippen molar-refractivity contribution >= 4 is 15.9 Å². The van der Waals surface area contributed by atoms with Crippen molar-refractivity contribution in [3.8, 4) is 0 Å². The first-order valence-electron chi connectivity index (χ1n) is 5.18. The van der Waals surface area contributed by atoms with E-state index in [1.165, 1.54) is 6.07 Å². The zero-order valence-electron chi connectivity index (χ0n) is 9.13. The minimum absolute atomic E-state index is 0.130. The second-order valence-corrected chi connectivity index (χ2v) is 5.17. The molecule has 0 saturated heterocycles. The molecule has 0 fully saturated rings. The average Bonchev–Trinajstić information content (AvgIpc) is 2.10. The van der Waals surface area contributed by atoms with Crippen LogP contribution in [0.2, 0.25) is 0 Å². The Balaban J connectivity index is 2.67. The van der Waals surface area contributed by atoms with Gasteiger partial charge in [-0.25, -0.2) is 4.39 Å². The molecule has 0 amide bonds. The molecule has 0 aromatic heterocycles. The molecule has 84 valence electrons. The van der Waals surface area contributed by atoms with E-state index in [2.05, 4.69) is 22.9 Å². The van der Waals surface area contributed by atoms with Gasteiger partial charge in [0.2, 0.25) is 0 Å². The van der Waals surface area contributed by atoms with E-state index in [0.29, 0.717) is 5.92 Å². The Labute approximate surface area is 99.0 Å². The van der Waals surface area contributed by atoms with E-state index in [-0.39, 0.29) is 11.9 Å². The third-order valence-electron chi connectivity index (χ3n) is 2.35. The third-order valence-corrected chi connectivity index (χ3v) is 2.84. The lowest BCUT2D eigenvalue weighted by atomic mass is 9.95. The monoisotopic (exact) mass is 273 g/mol. The van der Waals surface area contributed by atoms with E-state index in [1.807, 2.05) is 13.0 Å². The van der Waals surface area contributed by atoms with Crippen LogP contribution in [0.5, 0.6) is 0 Å². The maximum absolute atomic E-state index is 13.4. The first kappa shape index (κ1) is 12.7. The Bertz CT molecular complexity index is 325. The summed E-state index contributed by atoms with van der Waals surface area (Å²) in [6, 6.07) is 5.23. The Kier molecular flexibility index (Phi) is 4.74. The highest BCUT2D eigenvalue weighted by molar-refractivity contribution is 9.10. The normalized spacial score (nSPS) is 15.0. The van der Waals surface area contributed by atoms with Crippen molar-refractivity contribution < 1.29 is 4.39 Å². The minimum Gasteiger partial charge on any atom is -0.328 e. The molecule has 2 atom stereocenters. The molecular weight excluding hydrogens is 257 g/mol. The molecule has 3 heteroatoms. The maximum Gasteiger partial charge on any atom is 0.126 e. The highest BCUT2D eigenvalue weighted by Gasteiger charge is 2.10. The van der Waals surface area contributed by atoms with Gasteiger partial charge in [0.15, 0.2) is 0 Å². The fourth-order valence-electron chi connectivity index (χ4n) is 1.79. The summed E-state index contributed by atoms with van der Waals surface area (Å²) in [7, 11) is 0. The third kappa shape index (κ3) is 4.31. The van der Waals surface area contributed by atoms with Gasteiger partial charge in [0.05, 0.1) is 0 Å². The molecule has 1 rings (SSSR count).